The van der Waals surface area contributed by atoms with Crippen LogP contribution >= 0.6 is 0 Å². The van der Waals surface area contributed by atoms with Gasteiger partial charge in [0.05, 0.1) is 0 Å². The van der Waals surface area contributed by atoms with Crippen molar-refractivity contribution >= 4 is 11.6 Å². The van der Waals surface area contributed by atoms with Crippen molar-refractivity contribution in [3.63, 3.8) is 0 Å². The summed E-state index contributed by atoms with van der Waals surface area (Å²) < 4.78 is 10.7. The summed E-state index contributed by atoms with van der Waals surface area (Å²) in [5.41, 5.74) is 3.48. The van der Waals surface area contributed by atoms with Gasteiger partial charge >= 0.3 is 0 Å². The zero-order valence-corrected chi connectivity index (χ0v) is 13.6. The van der Waals surface area contributed by atoms with E-state index in [0.29, 0.717) is 6.54 Å². The van der Waals surface area contributed by atoms with Crippen LogP contribution in [-0.2, 0) is 17.8 Å². The minimum absolute atomic E-state index is 0.0318. The number of nitrogens with one attached hydrogen (secondary N) is 1. The molecule has 0 aromatic heterocycles. The fourth-order valence-corrected chi connectivity index (χ4v) is 3.30. The molecule has 0 spiro atoms. The molecule has 5 nitrogen and oxygen atoms in total. The average molecular weight is 324 g/mol. The number of carbonyl (C=O) groups is 1. The van der Waals surface area contributed by atoms with Crippen LogP contribution in [0.15, 0.2) is 42.5 Å². The molecule has 0 bridgehead atoms. The second-order valence-corrected chi connectivity index (χ2v) is 6.15. The van der Waals surface area contributed by atoms with Gasteiger partial charge in [-0.15, -0.1) is 0 Å². The highest BCUT2D eigenvalue weighted by Gasteiger charge is 2.27. The number of hydrogen-bond donors (Lipinski definition) is 1. The van der Waals surface area contributed by atoms with Crippen molar-refractivity contribution in [1.29, 1.82) is 0 Å². The Hall–Kier alpha value is -2.69. The lowest BCUT2D eigenvalue weighted by Gasteiger charge is -2.26. The molecule has 0 unspecified atom stereocenters. The first kappa shape index (κ1) is 14.9. The van der Waals surface area contributed by atoms with Crippen molar-refractivity contribution in [2.45, 2.75) is 25.9 Å². The number of benzene rings is 2. The summed E-state index contributed by atoms with van der Waals surface area (Å²) in [6.45, 7) is 3.58. The summed E-state index contributed by atoms with van der Waals surface area (Å²) in [5, 5.41) is 3.02. The van der Waals surface area contributed by atoms with E-state index in [4.69, 9.17) is 9.47 Å². The van der Waals surface area contributed by atoms with Gasteiger partial charge in [0.25, 0.3) is 0 Å². The minimum atomic E-state index is -0.192. The van der Waals surface area contributed by atoms with Crippen molar-refractivity contribution in [2.75, 3.05) is 18.2 Å². The van der Waals surface area contributed by atoms with Crippen molar-refractivity contribution in [2.24, 2.45) is 0 Å². The van der Waals surface area contributed by atoms with Crippen LogP contribution in [0.3, 0.4) is 0 Å². The molecule has 124 valence electrons. The van der Waals surface area contributed by atoms with Crippen LogP contribution < -0.4 is 19.7 Å². The molecule has 1 amide bonds. The van der Waals surface area contributed by atoms with Gasteiger partial charge in [0.15, 0.2) is 11.5 Å². The Morgan fingerprint density at radius 1 is 1.21 bits per heavy atom. The van der Waals surface area contributed by atoms with Crippen molar-refractivity contribution in [3.8, 4) is 11.5 Å². The smallest absolute Gasteiger partial charge is 0.242 e. The molecule has 1 atom stereocenters. The van der Waals surface area contributed by atoms with E-state index < -0.39 is 0 Å². The van der Waals surface area contributed by atoms with E-state index in [-0.39, 0.29) is 18.7 Å². The SMILES string of the molecule is C[C@@H](C(=O)NCc1ccc2c(c1)OCO2)N1CCc2ccccc21. The highest BCUT2D eigenvalue weighted by atomic mass is 16.7. The number of amides is 1. The molecule has 24 heavy (non-hydrogen) atoms. The molecule has 5 heteroatoms. The normalized spacial score (nSPS) is 16.0. The number of rotatable bonds is 4. The number of hydrogen-bond acceptors (Lipinski definition) is 4. The van der Waals surface area contributed by atoms with Gasteiger partial charge in [0, 0.05) is 18.8 Å². The van der Waals surface area contributed by atoms with Gasteiger partial charge in [-0.05, 0) is 42.7 Å². The van der Waals surface area contributed by atoms with E-state index in [0.717, 1.165) is 30.0 Å². The van der Waals surface area contributed by atoms with Crippen molar-refractivity contribution < 1.29 is 14.3 Å². The Bertz CT molecular complexity index is 775. The molecule has 0 radical (unpaired) electrons. The lowest BCUT2D eigenvalue weighted by Crippen LogP contribution is -2.44. The molecule has 2 heterocycles. The number of ether oxygens (including phenoxy) is 2. The van der Waals surface area contributed by atoms with Gasteiger partial charge in [-0.25, -0.2) is 0 Å². The first-order valence-electron chi connectivity index (χ1n) is 8.23. The Morgan fingerprint density at radius 2 is 2.04 bits per heavy atom. The van der Waals surface area contributed by atoms with Crippen molar-refractivity contribution in [3.05, 3.63) is 53.6 Å². The number of carbonyl (C=O) groups excluding carboxylic acids is 1. The van der Waals surface area contributed by atoms with Crippen LogP contribution in [0.2, 0.25) is 0 Å². The molecular weight excluding hydrogens is 304 g/mol. The highest BCUT2D eigenvalue weighted by molar-refractivity contribution is 5.85. The first-order chi connectivity index (χ1) is 11.7. The van der Waals surface area contributed by atoms with Crippen LogP contribution in [0, 0.1) is 0 Å². The van der Waals surface area contributed by atoms with Gasteiger partial charge < -0.3 is 19.7 Å². The third kappa shape index (κ3) is 2.66. The van der Waals surface area contributed by atoms with Crippen LogP contribution in [0.4, 0.5) is 5.69 Å². The van der Waals surface area contributed by atoms with E-state index in [1.54, 1.807) is 0 Å². The second kappa shape index (κ2) is 6.07. The fourth-order valence-electron chi connectivity index (χ4n) is 3.30. The monoisotopic (exact) mass is 324 g/mol. The van der Waals surface area contributed by atoms with Crippen LogP contribution in [0.25, 0.3) is 0 Å². The van der Waals surface area contributed by atoms with Gasteiger partial charge in [0.2, 0.25) is 12.7 Å². The maximum atomic E-state index is 12.5. The van der Waals surface area contributed by atoms with Crippen LogP contribution in [-0.4, -0.2) is 25.3 Å². The third-order valence-corrected chi connectivity index (χ3v) is 4.67. The zero-order valence-electron chi connectivity index (χ0n) is 13.6. The largest absolute Gasteiger partial charge is 0.454 e. The second-order valence-electron chi connectivity index (χ2n) is 6.15. The lowest BCUT2D eigenvalue weighted by molar-refractivity contribution is -0.122. The van der Waals surface area contributed by atoms with Gasteiger partial charge in [-0.2, -0.15) is 0 Å². The third-order valence-electron chi connectivity index (χ3n) is 4.67. The zero-order chi connectivity index (χ0) is 16.5. The summed E-state index contributed by atoms with van der Waals surface area (Å²) in [6, 6.07) is 13.8. The van der Waals surface area contributed by atoms with Crippen LogP contribution in [0.5, 0.6) is 11.5 Å². The highest BCUT2D eigenvalue weighted by Crippen LogP contribution is 2.32. The van der Waals surface area contributed by atoms with Crippen LogP contribution in [0.1, 0.15) is 18.1 Å². The minimum Gasteiger partial charge on any atom is -0.454 e. The molecule has 0 fully saturated rings. The maximum absolute atomic E-state index is 12.5. The number of nitrogens with zero attached hydrogens (tertiary/aromatic N) is 1. The molecule has 2 aliphatic heterocycles. The predicted octanol–water partition coefficient (Wildman–Crippen LogP) is 2.48. The van der Waals surface area contributed by atoms with E-state index in [1.165, 1.54) is 11.3 Å². The van der Waals surface area contributed by atoms with E-state index in [1.807, 2.05) is 37.3 Å². The maximum Gasteiger partial charge on any atom is 0.242 e. The summed E-state index contributed by atoms with van der Waals surface area (Å²) in [7, 11) is 0. The fraction of sp³-hybridized carbons (Fsp3) is 0.316. The molecule has 2 aliphatic rings. The summed E-state index contributed by atoms with van der Waals surface area (Å²) >= 11 is 0. The Kier molecular flexibility index (Phi) is 3.76. The average Bonchev–Trinajstić information content (AvgIpc) is 3.25. The topological polar surface area (TPSA) is 50.8 Å². The lowest BCUT2D eigenvalue weighted by atomic mass is 10.1. The molecule has 2 aromatic rings. The van der Waals surface area contributed by atoms with Gasteiger partial charge in [-0.3, -0.25) is 4.79 Å². The first-order valence-corrected chi connectivity index (χ1v) is 8.23. The Morgan fingerprint density at radius 3 is 2.96 bits per heavy atom. The quantitative estimate of drug-likeness (QED) is 0.939. The molecule has 0 aliphatic carbocycles. The van der Waals surface area contributed by atoms with E-state index in [9.17, 15) is 4.79 Å². The van der Waals surface area contributed by atoms with Crippen molar-refractivity contribution in [1.82, 2.24) is 5.32 Å². The molecule has 1 N–H and O–H groups in total. The molecule has 0 saturated carbocycles. The summed E-state index contributed by atoms with van der Waals surface area (Å²) in [4.78, 5) is 14.7. The predicted molar refractivity (Wildman–Crippen MR) is 91.4 cm³/mol. The molecule has 2 aromatic carbocycles. The number of anilines is 1. The Balaban J connectivity index is 1.40. The van der Waals surface area contributed by atoms with Gasteiger partial charge in [-0.1, -0.05) is 24.3 Å². The standard InChI is InChI=1S/C19H20N2O3/c1-13(21-9-8-15-4-2-3-5-16(15)21)19(22)20-11-14-6-7-17-18(10-14)24-12-23-17/h2-7,10,13H,8-9,11-12H2,1H3,(H,20,22)/t13-/m0/s1. The summed E-state index contributed by atoms with van der Waals surface area (Å²) in [5.74, 6) is 1.53. The number of fused-ring (bicyclic) bond motifs is 2. The summed E-state index contributed by atoms with van der Waals surface area (Å²) in [6.07, 6.45) is 0.996. The van der Waals surface area contributed by atoms with E-state index in [2.05, 4.69) is 22.3 Å². The molecular formula is C19H20N2O3. The molecule has 0 saturated heterocycles. The number of para-hydroxylation sites is 1. The Labute approximate surface area is 141 Å². The molecule has 4 rings (SSSR count). The van der Waals surface area contributed by atoms with E-state index >= 15 is 0 Å². The van der Waals surface area contributed by atoms with Gasteiger partial charge in [0.1, 0.15) is 6.04 Å².